The molecule has 3 heterocycles. The molecule has 0 radical (unpaired) electrons. The first kappa shape index (κ1) is 18.2. The van der Waals surface area contributed by atoms with Crippen LogP contribution in [0.2, 0.25) is 0 Å². The molecule has 10 nitrogen and oxygen atoms in total. The van der Waals surface area contributed by atoms with Crippen LogP contribution in [0.15, 0.2) is 4.60 Å². The van der Waals surface area contributed by atoms with Crippen molar-refractivity contribution >= 4 is 32.9 Å². The Labute approximate surface area is 150 Å². The number of ether oxygens (including phenoxy) is 1. The van der Waals surface area contributed by atoms with Crippen molar-refractivity contribution < 1.29 is 30.0 Å². The number of hydrogen-bond donors (Lipinski definition) is 5. The molecule has 136 valence electrons. The van der Waals surface area contributed by atoms with Crippen molar-refractivity contribution in [1.82, 2.24) is 14.5 Å². The molecule has 0 spiro atoms. The molecule has 4 atom stereocenters. The molecule has 1 amide bonds. The fraction of sp³-hybridized carbons (Fsp3) is 0.500. The first-order valence-electron chi connectivity index (χ1n) is 7.41. The summed E-state index contributed by atoms with van der Waals surface area (Å²) in [4.78, 5) is 20.3. The van der Waals surface area contributed by atoms with Crippen LogP contribution in [0.1, 0.15) is 28.1 Å². The van der Waals surface area contributed by atoms with Gasteiger partial charge in [-0.25, -0.2) is 9.97 Å². The predicted octanol–water partition coefficient (Wildman–Crippen LogP) is -1.30. The third-order valence-electron chi connectivity index (χ3n) is 4.14. The van der Waals surface area contributed by atoms with Crippen molar-refractivity contribution in [1.29, 1.82) is 0 Å². The number of carbonyl (C=O) groups excluding carboxylic acids is 1. The van der Waals surface area contributed by atoms with Crippen LogP contribution < -0.4 is 5.73 Å². The SMILES string of the molecule is Cc1nc(CO)c2c(C(N)=O)c(Br)n([C@@H]3O[C@H](CO)[C@@H](O)[C@H]3O)c2n1. The van der Waals surface area contributed by atoms with Crippen LogP contribution in [0.25, 0.3) is 11.0 Å². The van der Waals surface area contributed by atoms with Gasteiger partial charge in [-0.2, -0.15) is 0 Å². The summed E-state index contributed by atoms with van der Waals surface area (Å²) in [5.74, 6) is -0.463. The van der Waals surface area contributed by atoms with Gasteiger partial charge in [-0.3, -0.25) is 9.36 Å². The molecule has 0 bridgehead atoms. The van der Waals surface area contributed by atoms with Crippen LogP contribution in [-0.4, -0.2) is 65.8 Å². The van der Waals surface area contributed by atoms with Crippen molar-refractivity contribution in [3.8, 4) is 0 Å². The highest BCUT2D eigenvalue weighted by Crippen LogP contribution is 2.39. The number of rotatable bonds is 4. The number of aliphatic hydroxyl groups excluding tert-OH is 4. The molecule has 6 N–H and O–H groups in total. The minimum Gasteiger partial charge on any atom is -0.394 e. The lowest BCUT2D eigenvalue weighted by Crippen LogP contribution is -2.33. The molecule has 3 rings (SSSR count). The second kappa shape index (κ2) is 6.59. The molecular formula is C14H17BrN4O6. The maximum Gasteiger partial charge on any atom is 0.252 e. The van der Waals surface area contributed by atoms with Gasteiger partial charge in [0.15, 0.2) is 6.23 Å². The molecule has 2 aromatic rings. The van der Waals surface area contributed by atoms with Gasteiger partial charge in [-0.15, -0.1) is 0 Å². The Bertz CT molecular complexity index is 841. The van der Waals surface area contributed by atoms with E-state index in [1.165, 1.54) is 4.57 Å². The summed E-state index contributed by atoms with van der Waals surface area (Å²) in [7, 11) is 0. The number of carbonyl (C=O) groups is 1. The molecule has 0 unspecified atom stereocenters. The standard InChI is InChI=1S/C14H17BrN4O6/c1-4-17-5(2-20)7-8(12(16)24)11(15)19(13(7)18-4)14-10(23)9(22)6(3-21)25-14/h6,9-10,14,20-23H,2-3H2,1H3,(H2,16,24)/t6-,9-,10-,14-/m1/s1. The lowest BCUT2D eigenvalue weighted by molar-refractivity contribution is -0.0518. The molecule has 11 heteroatoms. The van der Waals surface area contributed by atoms with Gasteiger partial charge < -0.3 is 30.9 Å². The van der Waals surface area contributed by atoms with E-state index in [4.69, 9.17) is 10.5 Å². The van der Waals surface area contributed by atoms with E-state index >= 15 is 0 Å². The van der Waals surface area contributed by atoms with Crippen LogP contribution in [0, 0.1) is 6.92 Å². The second-order valence-corrected chi connectivity index (χ2v) is 6.45. The van der Waals surface area contributed by atoms with E-state index in [0.29, 0.717) is 5.82 Å². The summed E-state index contributed by atoms with van der Waals surface area (Å²) in [6, 6.07) is 0. The third-order valence-corrected chi connectivity index (χ3v) is 4.92. The number of fused-ring (bicyclic) bond motifs is 1. The van der Waals surface area contributed by atoms with E-state index in [-0.39, 0.29) is 26.9 Å². The highest BCUT2D eigenvalue weighted by molar-refractivity contribution is 9.10. The summed E-state index contributed by atoms with van der Waals surface area (Å²) >= 11 is 3.26. The molecule has 2 aromatic heterocycles. The van der Waals surface area contributed by atoms with Gasteiger partial charge in [0.05, 0.1) is 29.9 Å². The topological polar surface area (TPSA) is 164 Å². The van der Waals surface area contributed by atoms with Crippen LogP contribution in [0.5, 0.6) is 0 Å². The summed E-state index contributed by atoms with van der Waals surface area (Å²) in [5.41, 5.74) is 5.88. The Morgan fingerprint density at radius 2 is 2.00 bits per heavy atom. The van der Waals surface area contributed by atoms with Crippen molar-refractivity contribution in [2.75, 3.05) is 6.61 Å². The van der Waals surface area contributed by atoms with Gasteiger partial charge in [-0.05, 0) is 22.9 Å². The number of amides is 1. The van der Waals surface area contributed by atoms with E-state index < -0.39 is 43.7 Å². The van der Waals surface area contributed by atoms with Gasteiger partial charge >= 0.3 is 0 Å². The van der Waals surface area contributed by atoms with Crippen LogP contribution in [-0.2, 0) is 11.3 Å². The van der Waals surface area contributed by atoms with Gasteiger partial charge in [0.2, 0.25) is 0 Å². The Hall–Kier alpha value is -1.63. The third kappa shape index (κ3) is 2.72. The van der Waals surface area contributed by atoms with E-state index in [0.717, 1.165) is 0 Å². The Morgan fingerprint density at radius 3 is 2.52 bits per heavy atom. The maximum atomic E-state index is 11.9. The number of aliphatic hydroxyl groups is 4. The number of aryl methyl sites for hydroxylation is 1. The summed E-state index contributed by atoms with van der Waals surface area (Å²) in [6.07, 6.45) is -4.83. The van der Waals surface area contributed by atoms with Crippen LogP contribution >= 0.6 is 15.9 Å². The predicted molar refractivity (Wildman–Crippen MR) is 87.4 cm³/mol. The molecule has 25 heavy (non-hydrogen) atoms. The zero-order valence-electron chi connectivity index (χ0n) is 13.1. The van der Waals surface area contributed by atoms with E-state index in [1.807, 2.05) is 0 Å². The molecule has 1 saturated heterocycles. The average molecular weight is 417 g/mol. The molecule has 0 aliphatic carbocycles. The monoisotopic (exact) mass is 416 g/mol. The molecule has 0 aromatic carbocycles. The number of nitrogens with two attached hydrogens (primary N) is 1. The lowest BCUT2D eigenvalue weighted by Gasteiger charge is -2.19. The zero-order chi connectivity index (χ0) is 18.5. The lowest BCUT2D eigenvalue weighted by atomic mass is 10.1. The van der Waals surface area contributed by atoms with Gasteiger partial charge in [0.25, 0.3) is 5.91 Å². The average Bonchev–Trinajstić information content (AvgIpc) is 3.01. The Kier molecular flexibility index (Phi) is 4.79. The van der Waals surface area contributed by atoms with E-state index in [2.05, 4.69) is 25.9 Å². The molecule has 1 aliphatic rings. The second-order valence-electron chi connectivity index (χ2n) is 5.70. The van der Waals surface area contributed by atoms with Crippen molar-refractivity contribution in [3.05, 3.63) is 21.7 Å². The smallest absolute Gasteiger partial charge is 0.252 e. The van der Waals surface area contributed by atoms with Gasteiger partial charge in [0.1, 0.15) is 34.4 Å². The highest BCUT2D eigenvalue weighted by Gasteiger charge is 2.45. The molecule has 1 fully saturated rings. The molecular weight excluding hydrogens is 400 g/mol. The number of primary amides is 1. The summed E-state index contributed by atoms with van der Waals surface area (Å²) < 4.78 is 7.04. The molecule has 1 aliphatic heterocycles. The minimum absolute atomic E-state index is 0.0248. The Balaban J connectivity index is 2.31. The maximum absolute atomic E-state index is 11.9. The Morgan fingerprint density at radius 1 is 1.32 bits per heavy atom. The zero-order valence-corrected chi connectivity index (χ0v) is 14.7. The van der Waals surface area contributed by atoms with Crippen LogP contribution in [0.4, 0.5) is 0 Å². The first-order valence-corrected chi connectivity index (χ1v) is 8.21. The number of nitrogens with zero attached hydrogens (tertiary/aromatic N) is 3. The van der Waals surface area contributed by atoms with Crippen LogP contribution in [0.3, 0.4) is 0 Å². The van der Waals surface area contributed by atoms with Gasteiger partial charge in [-0.1, -0.05) is 0 Å². The normalized spacial score (nSPS) is 26.5. The first-order chi connectivity index (χ1) is 11.8. The largest absolute Gasteiger partial charge is 0.394 e. The number of aromatic nitrogens is 3. The summed E-state index contributed by atoms with van der Waals surface area (Å²) in [6.45, 7) is 0.655. The van der Waals surface area contributed by atoms with E-state index in [1.54, 1.807) is 6.92 Å². The quantitative estimate of drug-likeness (QED) is 0.410. The molecule has 0 saturated carbocycles. The van der Waals surface area contributed by atoms with E-state index in [9.17, 15) is 25.2 Å². The number of halogens is 1. The minimum atomic E-state index is -1.38. The van der Waals surface area contributed by atoms with Crippen molar-refractivity contribution in [3.63, 3.8) is 0 Å². The van der Waals surface area contributed by atoms with Crippen molar-refractivity contribution in [2.24, 2.45) is 5.73 Å². The fourth-order valence-electron chi connectivity index (χ4n) is 3.03. The fourth-order valence-corrected chi connectivity index (χ4v) is 3.79. The summed E-state index contributed by atoms with van der Waals surface area (Å²) in [5, 5.41) is 39.4. The highest BCUT2D eigenvalue weighted by atomic mass is 79.9. The van der Waals surface area contributed by atoms with Gasteiger partial charge in [0, 0.05) is 0 Å². The van der Waals surface area contributed by atoms with Crippen molar-refractivity contribution in [2.45, 2.75) is 38.1 Å². The number of hydrogen-bond acceptors (Lipinski definition) is 8.